The number of benzene rings is 2. The van der Waals surface area contributed by atoms with Crippen LogP contribution in [-0.4, -0.2) is 61.7 Å². The van der Waals surface area contributed by atoms with Gasteiger partial charge >= 0.3 is 14.6 Å². The quantitative estimate of drug-likeness (QED) is 0.0880. The fourth-order valence-corrected chi connectivity index (χ4v) is 4.46. The summed E-state index contributed by atoms with van der Waals surface area (Å²) >= 11 is 18.3. The lowest BCUT2D eigenvalue weighted by atomic mass is 10.3. The highest BCUT2D eigenvalue weighted by Crippen LogP contribution is 2.44. The molecule has 0 amide bonds. The average molecular weight is 580 g/mol. The lowest BCUT2D eigenvalue weighted by Gasteiger charge is -2.28. The van der Waals surface area contributed by atoms with Gasteiger partial charge in [0.2, 0.25) is 0 Å². The Morgan fingerprint density at radius 1 is 0.750 bits per heavy atom. The molecular formula is C25H30Cl3O7P. The van der Waals surface area contributed by atoms with Gasteiger partial charge in [-0.3, -0.25) is 0 Å². The highest BCUT2D eigenvalue weighted by atomic mass is 35.5. The van der Waals surface area contributed by atoms with E-state index in [2.05, 4.69) is 6.58 Å². The summed E-state index contributed by atoms with van der Waals surface area (Å²) < 4.78 is 34.7. The molecule has 3 unspecified atom stereocenters. The topological polar surface area (TPSA) is 72.5 Å². The van der Waals surface area contributed by atoms with Crippen molar-refractivity contribution in [3.05, 3.63) is 72.8 Å². The molecule has 0 N–H and O–H groups in total. The first-order valence-electron chi connectivity index (χ1n) is 11.1. The van der Waals surface area contributed by atoms with Crippen LogP contribution in [-0.2, 0) is 23.1 Å². The monoisotopic (exact) mass is 578 g/mol. The number of alkyl halides is 3. The maximum absolute atomic E-state index is 11.8. The average Bonchev–Trinajstić information content (AvgIpc) is 2.91. The third kappa shape index (κ3) is 12.1. The Labute approximate surface area is 228 Å². The van der Waals surface area contributed by atoms with E-state index in [0.717, 1.165) is 0 Å². The summed E-state index contributed by atoms with van der Waals surface area (Å²) in [5, 5.41) is 0. The molecular weight excluding hydrogens is 550 g/mol. The van der Waals surface area contributed by atoms with E-state index in [1.54, 1.807) is 6.92 Å². The van der Waals surface area contributed by atoms with E-state index >= 15 is 0 Å². The van der Waals surface area contributed by atoms with Crippen LogP contribution in [0.1, 0.15) is 6.92 Å². The van der Waals surface area contributed by atoms with Crippen molar-refractivity contribution in [3.63, 3.8) is 0 Å². The van der Waals surface area contributed by atoms with Crippen LogP contribution in [0.25, 0.3) is 0 Å². The van der Waals surface area contributed by atoms with Crippen molar-refractivity contribution >= 4 is 49.4 Å². The van der Waals surface area contributed by atoms with Crippen molar-refractivity contribution in [2.75, 3.05) is 37.5 Å². The van der Waals surface area contributed by atoms with Crippen LogP contribution in [0, 0.1) is 0 Å². The molecule has 0 aliphatic heterocycles. The van der Waals surface area contributed by atoms with Gasteiger partial charge in [0.1, 0.15) is 49.6 Å². The smallest absolute Gasteiger partial charge is 0.333 e. The highest BCUT2D eigenvalue weighted by molar-refractivity contribution is 7.41. The Morgan fingerprint density at radius 3 is 1.50 bits per heavy atom. The van der Waals surface area contributed by atoms with Crippen molar-refractivity contribution in [1.29, 1.82) is 0 Å². The summed E-state index contributed by atoms with van der Waals surface area (Å²) in [4.78, 5) is 11.8. The zero-order valence-corrected chi connectivity index (χ0v) is 23.1. The van der Waals surface area contributed by atoms with Gasteiger partial charge in [-0.05, 0) is 31.2 Å². The van der Waals surface area contributed by atoms with E-state index in [1.165, 1.54) is 0 Å². The fraction of sp³-hybridized carbons (Fsp3) is 0.400. The van der Waals surface area contributed by atoms with Gasteiger partial charge in [-0.15, -0.1) is 34.8 Å². The molecule has 2 aromatic carbocycles. The Balaban J connectivity index is 2.04. The normalized spacial score (nSPS) is 14.3. The third-order valence-electron chi connectivity index (χ3n) is 4.33. The number of para-hydroxylation sites is 2. The van der Waals surface area contributed by atoms with Crippen molar-refractivity contribution < 1.29 is 32.6 Å². The highest BCUT2D eigenvalue weighted by Gasteiger charge is 2.28. The summed E-state index contributed by atoms with van der Waals surface area (Å²) in [6.45, 7) is 5.31. The summed E-state index contributed by atoms with van der Waals surface area (Å²) in [5.74, 6) is 1.03. The molecule has 2 rings (SSSR count). The largest absolute Gasteiger partial charge is 0.491 e. The van der Waals surface area contributed by atoms with Gasteiger partial charge in [-0.1, -0.05) is 43.0 Å². The second-order valence-electron chi connectivity index (χ2n) is 7.50. The molecule has 0 saturated heterocycles. The minimum Gasteiger partial charge on any atom is -0.491 e. The fourth-order valence-electron chi connectivity index (χ4n) is 2.45. The Hall–Kier alpha value is -1.57. The van der Waals surface area contributed by atoms with E-state index in [0.29, 0.717) is 11.5 Å². The van der Waals surface area contributed by atoms with Gasteiger partial charge in [0.15, 0.2) is 0 Å². The van der Waals surface area contributed by atoms with E-state index in [-0.39, 0.29) is 43.0 Å². The molecule has 0 radical (unpaired) electrons. The van der Waals surface area contributed by atoms with E-state index in [9.17, 15) is 4.79 Å². The molecule has 2 aromatic rings. The van der Waals surface area contributed by atoms with Crippen LogP contribution in [0.2, 0.25) is 0 Å². The summed E-state index contributed by atoms with van der Waals surface area (Å²) in [6, 6.07) is 18.5. The first kappa shape index (κ1) is 30.7. The zero-order chi connectivity index (χ0) is 26.2. The standard InChI is InChI=1S/C25H30Cl3O7P/c1-19(2)25(29)32-18-24(15-28)35-36(33-22(13-26)16-30-20-9-5-3-6-10-20)34-23(14-27)17-31-21-11-7-4-8-12-21/h3-12,22-24H,1,13-18H2,2H3. The molecule has 7 nitrogen and oxygen atoms in total. The lowest BCUT2D eigenvalue weighted by Crippen LogP contribution is -2.29. The van der Waals surface area contributed by atoms with Gasteiger partial charge in [0.25, 0.3) is 0 Å². The predicted octanol–water partition coefficient (Wildman–Crippen LogP) is 6.36. The summed E-state index contributed by atoms with van der Waals surface area (Å²) in [6.07, 6.45) is -1.85. The van der Waals surface area contributed by atoms with Crippen molar-refractivity contribution in [2.24, 2.45) is 0 Å². The minimum absolute atomic E-state index is 0.0210. The van der Waals surface area contributed by atoms with Crippen LogP contribution in [0.5, 0.6) is 11.5 Å². The Morgan fingerprint density at radius 2 is 1.14 bits per heavy atom. The molecule has 0 fully saturated rings. The second kappa shape index (κ2) is 17.8. The van der Waals surface area contributed by atoms with E-state index in [4.69, 9.17) is 62.6 Å². The first-order valence-corrected chi connectivity index (χ1v) is 13.8. The number of carbonyl (C=O) groups is 1. The number of ether oxygens (including phenoxy) is 3. The number of halogens is 3. The molecule has 0 heterocycles. The minimum atomic E-state index is -2.03. The van der Waals surface area contributed by atoms with Crippen LogP contribution in [0.3, 0.4) is 0 Å². The van der Waals surface area contributed by atoms with Crippen LogP contribution in [0.4, 0.5) is 0 Å². The molecule has 36 heavy (non-hydrogen) atoms. The number of carbonyl (C=O) groups excluding carboxylic acids is 1. The van der Waals surface area contributed by atoms with Crippen molar-refractivity contribution in [2.45, 2.75) is 25.2 Å². The lowest BCUT2D eigenvalue weighted by molar-refractivity contribution is -0.141. The molecule has 0 aliphatic carbocycles. The number of esters is 1. The maximum Gasteiger partial charge on any atom is 0.333 e. The molecule has 198 valence electrons. The molecule has 0 bridgehead atoms. The van der Waals surface area contributed by atoms with Gasteiger partial charge < -0.3 is 27.8 Å². The van der Waals surface area contributed by atoms with E-state index in [1.807, 2.05) is 60.7 Å². The molecule has 11 heteroatoms. The van der Waals surface area contributed by atoms with Crippen molar-refractivity contribution in [3.8, 4) is 11.5 Å². The molecule has 0 spiro atoms. The summed E-state index contributed by atoms with van der Waals surface area (Å²) in [5.41, 5.74) is 0.263. The first-order chi connectivity index (χ1) is 17.4. The van der Waals surface area contributed by atoms with Gasteiger partial charge in [-0.2, -0.15) is 0 Å². The Kier molecular flexibility index (Phi) is 15.2. The number of hydrogen-bond donors (Lipinski definition) is 0. The molecule has 3 atom stereocenters. The second-order valence-corrected chi connectivity index (χ2v) is 9.50. The van der Waals surface area contributed by atoms with Crippen LogP contribution < -0.4 is 9.47 Å². The number of hydrogen-bond acceptors (Lipinski definition) is 7. The van der Waals surface area contributed by atoms with Crippen LogP contribution >= 0.6 is 43.4 Å². The van der Waals surface area contributed by atoms with Gasteiger partial charge in [0, 0.05) is 5.57 Å². The number of rotatable bonds is 18. The van der Waals surface area contributed by atoms with Gasteiger partial charge in [0.05, 0.1) is 17.6 Å². The maximum atomic E-state index is 11.8. The van der Waals surface area contributed by atoms with E-state index < -0.39 is 32.9 Å². The Bertz CT molecular complexity index is 838. The predicted molar refractivity (Wildman–Crippen MR) is 143 cm³/mol. The molecule has 0 aliphatic rings. The summed E-state index contributed by atoms with van der Waals surface area (Å²) in [7, 11) is -2.03. The van der Waals surface area contributed by atoms with Gasteiger partial charge in [-0.25, -0.2) is 4.79 Å². The SMILES string of the molecule is C=C(C)C(=O)OCC(CCl)OP(OC(CCl)COc1ccccc1)OC(CCl)COc1ccccc1. The van der Waals surface area contributed by atoms with Crippen molar-refractivity contribution in [1.82, 2.24) is 0 Å². The molecule has 0 saturated carbocycles. The molecule has 0 aromatic heterocycles. The van der Waals surface area contributed by atoms with Crippen LogP contribution in [0.15, 0.2) is 72.8 Å². The third-order valence-corrected chi connectivity index (χ3v) is 6.77. The zero-order valence-electron chi connectivity index (χ0n) is 19.9.